The van der Waals surface area contributed by atoms with Gasteiger partial charge in [0.2, 0.25) is 5.91 Å². The van der Waals surface area contributed by atoms with E-state index in [1.165, 1.54) is 12.1 Å². The van der Waals surface area contributed by atoms with Crippen molar-refractivity contribution in [3.63, 3.8) is 0 Å². The minimum absolute atomic E-state index is 0.0966. The molecular formula is C19H17F3N2O3S. The molecule has 0 saturated carbocycles. The zero-order chi connectivity index (χ0) is 20.0. The molecule has 1 aromatic carbocycles. The highest BCUT2D eigenvalue weighted by atomic mass is 32.1. The summed E-state index contributed by atoms with van der Waals surface area (Å²) in [7, 11) is 0. The Morgan fingerprint density at radius 1 is 1.11 bits per heavy atom. The molecule has 1 amide bonds. The molecule has 148 valence electrons. The van der Waals surface area contributed by atoms with Crippen LogP contribution in [0.3, 0.4) is 0 Å². The van der Waals surface area contributed by atoms with Crippen molar-refractivity contribution in [1.29, 1.82) is 0 Å². The number of hydrogen-bond donors (Lipinski definition) is 1. The van der Waals surface area contributed by atoms with Crippen LogP contribution in [0.1, 0.15) is 10.6 Å². The number of benzene rings is 1. The summed E-state index contributed by atoms with van der Waals surface area (Å²) in [5.74, 6) is 0.105. The van der Waals surface area contributed by atoms with E-state index in [1.54, 1.807) is 23.7 Å². The van der Waals surface area contributed by atoms with Crippen LogP contribution in [0.4, 0.5) is 18.9 Å². The van der Waals surface area contributed by atoms with Gasteiger partial charge in [0.05, 0.1) is 19.4 Å². The highest BCUT2D eigenvalue weighted by Gasteiger charge is 2.31. The quantitative estimate of drug-likeness (QED) is 0.575. The van der Waals surface area contributed by atoms with Gasteiger partial charge >= 0.3 is 6.36 Å². The number of furan rings is 1. The van der Waals surface area contributed by atoms with Crippen molar-refractivity contribution in [2.24, 2.45) is 0 Å². The van der Waals surface area contributed by atoms with Crippen molar-refractivity contribution in [3.8, 4) is 5.75 Å². The average molecular weight is 410 g/mol. The molecule has 1 N–H and O–H groups in total. The topological polar surface area (TPSA) is 54.7 Å². The number of halogens is 3. The Balaban J connectivity index is 1.59. The van der Waals surface area contributed by atoms with E-state index in [4.69, 9.17) is 4.42 Å². The first-order chi connectivity index (χ1) is 13.4. The molecule has 3 rings (SSSR count). The number of carbonyl (C=O) groups is 1. The van der Waals surface area contributed by atoms with Gasteiger partial charge in [-0.05, 0) is 47.8 Å². The average Bonchev–Trinajstić information content (AvgIpc) is 3.29. The molecule has 0 aliphatic carbocycles. The number of anilines is 1. The lowest BCUT2D eigenvalue weighted by Crippen LogP contribution is -2.32. The number of ether oxygens (including phenoxy) is 1. The molecule has 0 bridgehead atoms. The highest BCUT2D eigenvalue weighted by Crippen LogP contribution is 2.24. The minimum Gasteiger partial charge on any atom is -0.468 e. The fourth-order valence-electron chi connectivity index (χ4n) is 2.56. The first kappa shape index (κ1) is 20.0. The van der Waals surface area contributed by atoms with E-state index >= 15 is 0 Å². The van der Waals surface area contributed by atoms with Gasteiger partial charge in [-0.3, -0.25) is 9.69 Å². The van der Waals surface area contributed by atoms with Crippen molar-refractivity contribution in [1.82, 2.24) is 4.90 Å². The summed E-state index contributed by atoms with van der Waals surface area (Å²) in [6, 6.07) is 12.5. The van der Waals surface area contributed by atoms with E-state index in [0.29, 0.717) is 18.8 Å². The van der Waals surface area contributed by atoms with E-state index in [1.807, 2.05) is 28.5 Å². The largest absolute Gasteiger partial charge is 0.573 e. The molecule has 9 heteroatoms. The molecule has 0 spiro atoms. The third-order valence-corrected chi connectivity index (χ3v) is 4.52. The Morgan fingerprint density at radius 2 is 1.89 bits per heavy atom. The monoisotopic (exact) mass is 410 g/mol. The second-order valence-electron chi connectivity index (χ2n) is 5.92. The predicted octanol–water partition coefficient (Wildman–Crippen LogP) is 4.88. The maximum Gasteiger partial charge on any atom is 0.573 e. The van der Waals surface area contributed by atoms with E-state index in [0.717, 1.165) is 22.8 Å². The highest BCUT2D eigenvalue weighted by molar-refractivity contribution is 7.09. The van der Waals surface area contributed by atoms with Crippen LogP contribution in [0, 0.1) is 0 Å². The summed E-state index contributed by atoms with van der Waals surface area (Å²) in [6.45, 7) is 1.13. The van der Waals surface area contributed by atoms with Crippen molar-refractivity contribution >= 4 is 22.9 Å². The fraction of sp³-hybridized carbons (Fsp3) is 0.211. The fourth-order valence-corrected chi connectivity index (χ4v) is 3.30. The van der Waals surface area contributed by atoms with E-state index in [2.05, 4.69) is 10.1 Å². The molecule has 3 aromatic rings. The zero-order valence-corrected chi connectivity index (χ0v) is 15.4. The molecule has 0 saturated heterocycles. The van der Waals surface area contributed by atoms with E-state index in [-0.39, 0.29) is 18.2 Å². The number of hydrogen-bond acceptors (Lipinski definition) is 5. The minimum atomic E-state index is -4.75. The van der Waals surface area contributed by atoms with Gasteiger partial charge in [-0.2, -0.15) is 0 Å². The van der Waals surface area contributed by atoms with Crippen molar-refractivity contribution < 1.29 is 27.1 Å². The second kappa shape index (κ2) is 8.94. The van der Waals surface area contributed by atoms with Crippen LogP contribution >= 0.6 is 11.3 Å². The Hall–Kier alpha value is -2.78. The summed E-state index contributed by atoms with van der Waals surface area (Å²) >= 11 is 1.59. The van der Waals surface area contributed by atoms with Gasteiger partial charge in [-0.25, -0.2) is 0 Å². The number of amides is 1. The number of nitrogens with zero attached hydrogens (tertiary/aromatic N) is 1. The third-order valence-electron chi connectivity index (χ3n) is 3.66. The summed E-state index contributed by atoms with van der Waals surface area (Å²) < 4.78 is 45.8. The smallest absolute Gasteiger partial charge is 0.468 e. The van der Waals surface area contributed by atoms with Crippen LogP contribution in [0.25, 0.3) is 0 Å². The molecule has 2 aromatic heterocycles. The van der Waals surface area contributed by atoms with Crippen LogP contribution in [0.5, 0.6) is 5.75 Å². The maximum absolute atomic E-state index is 12.4. The maximum atomic E-state index is 12.4. The number of alkyl halides is 3. The summed E-state index contributed by atoms with van der Waals surface area (Å²) in [6.07, 6.45) is -3.18. The lowest BCUT2D eigenvalue weighted by molar-refractivity contribution is -0.274. The van der Waals surface area contributed by atoms with Crippen molar-refractivity contribution in [2.45, 2.75) is 19.5 Å². The normalized spacial score (nSPS) is 11.6. The van der Waals surface area contributed by atoms with Crippen LogP contribution in [-0.4, -0.2) is 23.7 Å². The Labute approximate surface area is 163 Å². The van der Waals surface area contributed by atoms with Gasteiger partial charge in [-0.1, -0.05) is 6.07 Å². The molecule has 5 nitrogen and oxygen atoms in total. The van der Waals surface area contributed by atoms with Gasteiger partial charge in [0, 0.05) is 17.1 Å². The van der Waals surface area contributed by atoms with Crippen molar-refractivity contribution in [2.75, 3.05) is 11.9 Å². The van der Waals surface area contributed by atoms with Crippen LogP contribution < -0.4 is 10.1 Å². The number of nitrogens with one attached hydrogen (secondary N) is 1. The van der Waals surface area contributed by atoms with Crippen LogP contribution in [0.15, 0.2) is 64.6 Å². The van der Waals surface area contributed by atoms with Crippen molar-refractivity contribution in [3.05, 3.63) is 70.8 Å². The Morgan fingerprint density at radius 3 is 2.50 bits per heavy atom. The molecule has 0 aliphatic rings. The molecule has 0 fully saturated rings. The first-order valence-corrected chi connectivity index (χ1v) is 9.18. The molecule has 0 unspecified atom stereocenters. The molecule has 2 heterocycles. The molecule has 28 heavy (non-hydrogen) atoms. The predicted molar refractivity (Wildman–Crippen MR) is 98.9 cm³/mol. The summed E-state index contributed by atoms with van der Waals surface area (Å²) in [5.41, 5.74) is 0.383. The Bertz CT molecular complexity index is 827. The van der Waals surface area contributed by atoms with Gasteiger partial charge in [-0.15, -0.1) is 24.5 Å². The SMILES string of the molecule is O=C(CN(Cc1ccco1)Cc1cccs1)Nc1ccc(OC(F)(F)F)cc1. The second-order valence-corrected chi connectivity index (χ2v) is 6.96. The van der Waals surface area contributed by atoms with E-state index < -0.39 is 6.36 Å². The van der Waals surface area contributed by atoms with Gasteiger partial charge in [0.1, 0.15) is 11.5 Å². The lowest BCUT2D eigenvalue weighted by atomic mass is 10.3. The van der Waals surface area contributed by atoms with Crippen LogP contribution in [-0.2, 0) is 17.9 Å². The van der Waals surface area contributed by atoms with Gasteiger partial charge in [0.15, 0.2) is 0 Å². The lowest BCUT2D eigenvalue weighted by Gasteiger charge is -2.20. The number of rotatable bonds is 8. The molecule has 0 aliphatic heterocycles. The van der Waals surface area contributed by atoms with Gasteiger partial charge < -0.3 is 14.5 Å². The van der Waals surface area contributed by atoms with Gasteiger partial charge in [0.25, 0.3) is 0 Å². The summed E-state index contributed by atoms with van der Waals surface area (Å²) in [5, 5.41) is 4.64. The van der Waals surface area contributed by atoms with E-state index in [9.17, 15) is 18.0 Å². The zero-order valence-electron chi connectivity index (χ0n) is 14.6. The number of carbonyl (C=O) groups excluding carboxylic acids is 1. The molecule has 0 atom stereocenters. The molecular weight excluding hydrogens is 393 g/mol. The summed E-state index contributed by atoms with van der Waals surface area (Å²) in [4.78, 5) is 15.4. The number of thiophene rings is 1. The standard InChI is InChI=1S/C19H17F3N2O3S/c20-19(21,22)27-15-7-5-14(6-8-15)23-18(25)13-24(11-16-3-1-9-26-16)12-17-4-2-10-28-17/h1-10H,11-13H2,(H,23,25). The molecule has 0 radical (unpaired) electrons. The first-order valence-electron chi connectivity index (χ1n) is 8.30. The Kier molecular flexibility index (Phi) is 6.37. The van der Waals surface area contributed by atoms with Crippen LogP contribution in [0.2, 0.25) is 0 Å². The third kappa shape index (κ3) is 6.43.